The lowest BCUT2D eigenvalue weighted by atomic mass is 10.1. The van der Waals surface area contributed by atoms with Crippen LogP contribution in [0.15, 0.2) is 54.6 Å². The molecule has 0 fully saturated rings. The Hall–Kier alpha value is -1.42. The van der Waals surface area contributed by atoms with E-state index < -0.39 is 0 Å². The van der Waals surface area contributed by atoms with E-state index in [1.54, 1.807) is 6.08 Å². The van der Waals surface area contributed by atoms with Crippen LogP contribution in [0.3, 0.4) is 0 Å². The fraction of sp³-hybridized carbons (Fsp3) is 0.211. The van der Waals surface area contributed by atoms with E-state index in [9.17, 15) is 4.79 Å². The number of benzene rings is 2. The normalized spacial score (nSPS) is 11.0. The van der Waals surface area contributed by atoms with Gasteiger partial charge in [0.15, 0.2) is 5.78 Å². The molecule has 2 aromatic rings. The van der Waals surface area contributed by atoms with E-state index in [-0.39, 0.29) is 5.78 Å². The third kappa shape index (κ3) is 4.81. The summed E-state index contributed by atoms with van der Waals surface area (Å²) in [6.07, 6.45) is 7.09. The largest absolute Gasteiger partial charge is 0.289 e. The first-order chi connectivity index (χ1) is 10.2. The summed E-state index contributed by atoms with van der Waals surface area (Å²) >= 11 is 2.38. The van der Waals surface area contributed by atoms with E-state index in [1.807, 2.05) is 36.4 Å². The summed E-state index contributed by atoms with van der Waals surface area (Å²) < 4.78 is 1.27. The number of halogens is 1. The predicted octanol–water partition coefficient (Wildman–Crippen LogP) is 5.53. The Balaban J connectivity index is 2.07. The summed E-state index contributed by atoms with van der Waals surface area (Å²) in [6.45, 7) is 2.21. The van der Waals surface area contributed by atoms with Crippen LogP contribution in [0.1, 0.15) is 41.3 Å². The first-order valence-electron chi connectivity index (χ1n) is 7.26. The van der Waals surface area contributed by atoms with Gasteiger partial charge in [-0.15, -0.1) is 0 Å². The molecule has 0 bridgehead atoms. The number of carbonyl (C=O) groups excluding carboxylic acids is 1. The molecule has 0 radical (unpaired) electrons. The van der Waals surface area contributed by atoms with Crippen molar-refractivity contribution in [3.8, 4) is 0 Å². The molecule has 21 heavy (non-hydrogen) atoms. The molecule has 0 aliphatic heterocycles. The Labute approximate surface area is 140 Å². The molecule has 0 saturated carbocycles. The van der Waals surface area contributed by atoms with E-state index in [1.165, 1.54) is 22.0 Å². The van der Waals surface area contributed by atoms with Gasteiger partial charge in [0, 0.05) is 9.13 Å². The number of rotatable bonds is 6. The van der Waals surface area contributed by atoms with E-state index in [4.69, 9.17) is 0 Å². The van der Waals surface area contributed by atoms with Gasteiger partial charge in [-0.3, -0.25) is 4.79 Å². The fourth-order valence-electron chi connectivity index (χ4n) is 2.11. The van der Waals surface area contributed by atoms with Crippen LogP contribution in [-0.4, -0.2) is 5.78 Å². The molecule has 0 spiro atoms. The van der Waals surface area contributed by atoms with Gasteiger partial charge in [0.25, 0.3) is 0 Å². The average Bonchev–Trinajstić information content (AvgIpc) is 2.52. The lowest BCUT2D eigenvalue weighted by molar-refractivity contribution is 0.104. The number of aryl methyl sites for hydroxylation is 1. The van der Waals surface area contributed by atoms with Gasteiger partial charge in [-0.05, 0) is 58.7 Å². The van der Waals surface area contributed by atoms with Gasteiger partial charge in [-0.1, -0.05) is 61.9 Å². The summed E-state index contributed by atoms with van der Waals surface area (Å²) in [4.78, 5) is 12.0. The summed E-state index contributed by atoms with van der Waals surface area (Å²) in [5, 5.41) is 0. The zero-order chi connectivity index (χ0) is 15.1. The molecule has 2 heteroatoms. The van der Waals surface area contributed by atoms with Gasteiger partial charge in [-0.25, -0.2) is 0 Å². The van der Waals surface area contributed by atoms with Crippen molar-refractivity contribution in [3.05, 3.63) is 74.9 Å². The average molecular weight is 390 g/mol. The van der Waals surface area contributed by atoms with Crippen molar-refractivity contribution in [2.24, 2.45) is 0 Å². The van der Waals surface area contributed by atoms with E-state index in [2.05, 4.69) is 47.7 Å². The van der Waals surface area contributed by atoms with Crippen molar-refractivity contribution in [2.45, 2.75) is 26.2 Å². The van der Waals surface area contributed by atoms with Crippen LogP contribution in [0, 0.1) is 3.57 Å². The third-order valence-electron chi connectivity index (χ3n) is 3.36. The molecule has 108 valence electrons. The third-order valence-corrected chi connectivity index (χ3v) is 4.37. The molecular formula is C19H19IO. The van der Waals surface area contributed by atoms with Crippen molar-refractivity contribution in [1.82, 2.24) is 0 Å². The SMILES string of the molecule is CCCCc1ccc(C=CC(=O)c2ccccc2)cc1I. The van der Waals surface area contributed by atoms with Gasteiger partial charge in [-0.2, -0.15) is 0 Å². The second-order valence-electron chi connectivity index (χ2n) is 5.02. The highest BCUT2D eigenvalue weighted by Crippen LogP contribution is 2.18. The molecule has 0 aliphatic carbocycles. The Bertz CT molecular complexity index is 629. The van der Waals surface area contributed by atoms with Gasteiger partial charge < -0.3 is 0 Å². The maximum Gasteiger partial charge on any atom is 0.185 e. The summed E-state index contributed by atoms with van der Waals surface area (Å²) in [6, 6.07) is 15.7. The number of ketones is 1. The summed E-state index contributed by atoms with van der Waals surface area (Å²) in [5.41, 5.74) is 3.19. The topological polar surface area (TPSA) is 17.1 Å². The molecule has 0 atom stereocenters. The van der Waals surface area contributed by atoms with Crippen LogP contribution in [0.5, 0.6) is 0 Å². The molecule has 1 nitrogen and oxygen atoms in total. The first kappa shape index (κ1) is 16.0. The van der Waals surface area contributed by atoms with Crippen LogP contribution >= 0.6 is 22.6 Å². The monoisotopic (exact) mass is 390 g/mol. The minimum atomic E-state index is 0.0423. The highest BCUT2D eigenvalue weighted by Gasteiger charge is 2.02. The highest BCUT2D eigenvalue weighted by molar-refractivity contribution is 14.1. The smallest absolute Gasteiger partial charge is 0.185 e. The molecule has 0 aromatic heterocycles. The van der Waals surface area contributed by atoms with Crippen LogP contribution in [-0.2, 0) is 6.42 Å². The van der Waals surface area contributed by atoms with Gasteiger partial charge in [0.1, 0.15) is 0 Å². The second kappa shape index (κ2) is 8.13. The van der Waals surface area contributed by atoms with Crippen molar-refractivity contribution in [3.63, 3.8) is 0 Å². The quantitative estimate of drug-likeness (QED) is 0.360. The van der Waals surface area contributed by atoms with Crippen LogP contribution in [0.4, 0.5) is 0 Å². The van der Waals surface area contributed by atoms with Gasteiger partial charge in [0.05, 0.1) is 0 Å². The van der Waals surface area contributed by atoms with Crippen molar-refractivity contribution < 1.29 is 4.79 Å². The first-order valence-corrected chi connectivity index (χ1v) is 8.34. The number of unbranched alkanes of at least 4 members (excludes halogenated alkanes) is 1. The maximum atomic E-state index is 12.0. The zero-order valence-corrected chi connectivity index (χ0v) is 14.3. The molecular weight excluding hydrogens is 371 g/mol. The standard InChI is InChI=1S/C19H19IO/c1-2-3-7-16-12-10-15(14-18(16)20)11-13-19(21)17-8-5-4-6-9-17/h4-6,8-14H,2-3,7H2,1H3. The van der Waals surface area contributed by atoms with Gasteiger partial charge in [0.2, 0.25) is 0 Å². The maximum absolute atomic E-state index is 12.0. The van der Waals surface area contributed by atoms with E-state index >= 15 is 0 Å². The number of hydrogen-bond donors (Lipinski definition) is 0. The van der Waals surface area contributed by atoms with E-state index in [0.29, 0.717) is 0 Å². The minimum Gasteiger partial charge on any atom is -0.289 e. The van der Waals surface area contributed by atoms with Crippen molar-refractivity contribution in [1.29, 1.82) is 0 Å². The number of carbonyl (C=O) groups is 1. The summed E-state index contributed by atoms with van der Waals surface area (Å²) in [7, 11) is 0. The van der Waals surface area contributed by atoms with Gasteiger partial charge >= 0.3 is 0 Å². The van der Waals surface area contributed by atoms with Crippen LogP contribution in [0.25, 0.3) is 6.08 Å². The minimum absolute atomic E-state index is 0.0423. The lowest BCUT2D eigenvalue weighted by Crippen LogP contribution is -1.93. The Morgan fingerprint density at radius 2 is 1.90 bits per heavy atom. The molecule has 0 saturated heterocycles. The molecule has 0 heterocycles. The Morgan fingerprint density at radius 1 is 1.14 bits per heavy atom. The predicted molar refractivity (Wildman–Crippen MR) is 97.6 cm³/mol. The highest BCUT2D eigenvalue weighted by atomic mass is 127. The van der Waals surface area contributed by atoms with Crippen molar-refractivity contribution in [2.75, 3.05) is 0 Å². The molecule has 0 N–H and O–H groups in total. The van der Waals surface area contributed by atoms with Crippen molar-refractivity contribution >= 4 is 34.5 Å². The second-order valence-corrected chi connectivity index (χ2v) is 6.18. The molecule has 0 aliphatic rings. The Morgan fingerprint density at radius 3 is 2.57 bits per heavy atom. The zero-order valence-electron chi connectivity index (χ0n) is 12.2. The van der Waals surface area contributed by atoms with Crippen LogP contribution in [0.2, 0.25) is 0 Å². The molecule has 2 aromatic carbocycles. The number of allylic oxidation sites excluding steroid dienone is 1. The lowest BCUT2D eigenvalue weighted by Gasteiger charge is -2.04. The molecule has 2 rings (SSSR count). The number of hydrogen-bond acceptors (Lipinski definition) is 1. The summed E-state index contributed by atoms with van der Waals surface area (Å²) in [5.74, 6) is 0.0423. The fourth-order valence-corrected chi connectivity index (χ4v) is 2.92. The van der Waals surface area contributed by atoms with Crippen LogP contribution < -0.4 is 0 Å². The molecule has 0 amide bonds. The molecule has 0 unspecified atom stereocenters. The Kier molecular flexibility index (Phi) is 6.18. The van der Waals surface area contributed by atoms with E-state index in [0.717, 1.165) is 17.5 Å².